The zero-order valence-electron chi connectivity index (χ0n) is 41.8. The van der Waals surface area contributed by atoms with Crippen molar-refractivity contribution >= 4 is 17.9 Å². The topological polar surface area (TPSA) is 78.9 Å². The molecule has 6 heteroatoms. The molecule has 0 aliphatic heterocycles. The first-order valence-electron chi connectivity index (χ1n) is 26.6. The van der Waals surface area contributed by atoms with Crippen LogP contribution in [-0.2, 0) is 28.6 Å². The van der Waals surface area contributed by atoms with Gasteiger partial charge < -0.3 is 14.2 Å². The van der Waals surface area contributed by atoms with E-state index in [1.807, 2.05) is 12.2 Å². The SMILES string of the molecule is CC/C=C\C/C=C\C/C=C\C/C=C\CCC(=O)OC(COC(=O)CCCCCCC/C=C\CCCCC)COC(=O)CCCCCCCCCCC/C=C\C/C=C\CCCCCCC. The first kappa shape index (κ1) is 60.6. The smallest absolute Gasteiger partial charge is 0.306 e. The molecule has 0 heterocycles. The van der Waals surface area contributed by atoms with E-state index in [4.69, 9.17) is 14.2 Å². The van der Waals surface area contributed by atoms with Gasteiger partial charge in [0.25, 0.3) is 0 Å². The Hall–Kier alpha value is -3.41. The highest BCUT2D eigenvalue weighted by molar-refractivity contribution is 5.71. The van der Waals surface area contributed by atoms with Crippen LogP contribution in [0.25, 0.3) is 0 Å². The van der Waals surface area contributed by atoms with Crippen LogP contribution in [0.2, 0.25) is 0 Å². The van der Waals surface area contributed by atoms with Crippen LogP contribution in [0, 0.1) is 0 Å². The van der Waals surface area contributed by atoms with Crippen molar-refractivity contribution in [2.45, 2.75) is 252 Å². The summed E-state index contributed by atoms with van der Waals surface area (Å²) in [4.78, 5) is 37.9. The number of carbonyl (C=O) groups excluding carboxylic acids is 3. The van der Waals surface area contributed by atoms with E-state index in [-0.39, 0.29) is 31.6 Å². The second-order valence-corrected chi connectivity index (χ2v) is 17.4. The van der Waals surface area contributed by atoms with E-state index < -0.39 is 12.1 Å². The first-order chi connectivity index (χ1) is 31.5. The highest BCUT2D eigenvalue weighted by Crippen LogP contribution is 2.14. The summed E-state index contributed by atoms with van der Waals surface area (Å²) in [6.45, 7) is 6.41. The highest BCUT2D eigenvalue weighted by Gasteiger charge is 2.19. The third-order valence-electron chi connectivity index (χ3n) is 11.1. The van der Waals surface area contributed by atoms with Crippen molar-refractivity contribution in [2.24, 2.45) is 0 Å². The predicted octanol–water partition coefficient (Wildman–Crippen LogP) is 17.6. The lowest BCUT2D eigenvalue weighted by Crippen LogP contribution is -2.30. The lowest BCUT2D eigenvalue weighted by Gasteiger charge is -2.18. The Bertz CT molecular complexity index is 1250. The normalized spacial score (nSPS) is 12.7. The van der Waals surface area contributed by atoms with Gasteiger partial charge in [0.05, 0.1) is 0 Å². The molecule has 366 valence electrons. The van der Waals surface area contributed by atoms with Crippen molar-refractivity contribution in [3.8, 4) is 0 Å². The number of hydrogen-bond acceptors (Lipinski definition) is 6. The van der Waals surface area contributed by atoms with Gasteiger partial charge in [0, 0.05) is 19.3 Å². The quantitative estimate of drug-likeness (QED) is 0.0262. The summed E-state index contributed by atoms with van der Waals surface area (Å²) in [5.41, 5.74) is 0. The average Bonchev–Trinajstić information content (AvgIpc) is 3.29. The van der Waals surface area contributed by atoms with Gasteiger partial charge in [-0.05, 0) is 103 Å². The summed E-state index contributed by atoms with van der Waals surface area (Å²) >= 11 is 0. The van der Waals surface area contributed by atoms with Crippen LogP contribution in [0.1, 0.15) is 245 Å². The van der Waals surface area contributed by atoms with Crippen molar-refractivity contribution in [3.05, 3.63) is 85.1 Å². The third kappa shape index (κ3) is 49.6. The Kier molecular flexibility index (Phi) is 49.4. The number of rotatable bonds is 47. The lowest BCUT2D eigenvalue weighted by molar-refractivity contribution is -0.166. The van der Waals surface area contributed by atoms with Crippen molar-refractivity contribution in [3.63, 3.8) is 0 Å². The molecule has 0 aromatic heterocycles. The van der Waals surface area contributed by atoms with Gasteiger partial charge in [-0.3, -0.25) is 14.4 Å². The Balaban J connectivity index is 4.40. The lowest BCUT2D eigenvalue weighted by atomic mass is 10.1. The molecule has 0 saturated carbocycles. The molecule has 0 aliphatic rings. The second-order valence-electron chi connectivity index (χ2n) is 17.4. The van der Waals surface area contributed by atoms with Crippen molar-refractivity contribution in [1.82, 2.24) is 0 Å². The van der Waals surface area contributed by atoms with Gasteiger partial charge in [-0.2, -0.15) is 0 Å². The highest BCUT2D eigenvalue weighted by atomic mass is 16.6. The standard InChI is InChI=1S/C58H98O6/c1-4-7-10-13-16-19-22-25-26-27-28-29-30-31-32-34-36-39-42-45-48-51-57(60)63-54-55(53-62-56(59)50-47-44-41-38-35-24-21-18-15-12-9-6-3)64-58(61)52-49-46-43-40-37-33-23-20-17-14-11-8-5-2/h8,11,17-18,20-22,25,27-28,33,37,43,46,55H,4-7,9-10,12-16,19,23-24,26,29-32,34-36,38-42,44-45,47-54H2,1-3H3/b11-8-,20-17-,21-18-,25-22-,28-27-,37-33-,46-43-. The van der Waals surface area contributed by atoms with Gasteiger partial charge in [-0.15, -0.1) is 0 Å². The van der Waals surface area contributed by atoms with E-state index in [1.165, 1.54) is 116 Å². The molecular formula is C58H98O6. The molecule has 0 aliphatic carbocycles. The molecule has 1 unspecified atom stereocenters. The molecule has 64 heavy (non-hydrogen) atoms. The van der Waals surface area contributed by atoms with Crippen LogP contribution in [0.3, 0.4) is 0 Å². The van der Waals surface area contributed by atoms with E-state index in [0.29, 0.717) is 19.3 Å². The largest absolute Gasteiger partial charge is 0.462 e. The molecule has 0 fully saturated rings. The molecule has 0 aromatic carbocycles. The third-order valence-corrected chi connectivity index (χ3v) is 11.1. The molecule has 0 bridgehead atoms. The van der Waals surface area contributed by atoms with E-state index in [2.05, 4.69) is 93.7 Å². The number of carbonyl (C=O) groups is 3. The monoisotopic (exact) mass is 891 g/mol. The number of allylic oxidation sites excluding steroid dienone is 14. The summed E-state index contributed by atoms with van der Waals surface area (Å²) in [7, 11) is 0. The van der Waals surface area contributed by atoms with Gasteiger partial charge in [0.1, 0.15) is 13.2 Å². The minimum Gasteiger partial charge on any atom is -0.462 e. The fourth-order valence-electron chi connectivity index (χ4n) is 7.13. The minimum atomic E-state index is -0.819. The maximum absolute atomic E-state index is 12.7. The second kappa shape index (κ2) is 52.2. The molecule has 0 amide bonds. The van der Waals surface area contributed by atoms with E-state index >= 15 is 0 Å². The average molecular weight is 891 g/mol. The number of ether oxygens (including phenoxy) is 3. The van der Waals surface area contributed by atoms with Gasteiger partial charge >= 0.3 is 17.9 Å². The van der Waals surface area contributed by atoms with Crippen molar-refractivity contribution in [1.29, 1.82) is 0 Å². The Labute approximate surface area is 395 Å². The molecule has 0 N–H and O–H groups in total. The molecule has 0 saturated heterocycles. The summed E-state index contributed by atoms with van der Waals surface area (Å²) in [6.07, 6.45) is 67.3. The van der Waals surface area contributed by atoms with Crippen LogP contribution in [0.15, 0.2) is 85.1 Å². The number of unbranched alkanes of at least 4 members (excludes halogenated alkanes) is 22. The predicted molar refractivity (Wildman–Crippen MR) is 274 cm³/mol. The Morgan fingerprint density at radius 2 is 0.641 bits per heavy atom. The zero-order valence-corrected chi connectivity index (χ0v) is 41.8. The number of hydrogen-bond donors (Lipinski definition) is 0. The van der Waals surface area contributed by atoms with Gasteiger partial charge in [-0.1, -0.05) is 209 Å². The van der Waals surface area contributed by atoms with E-state index in [0.717, 1.165) is 83.5 Å². The molecule has 6 nitrogen and oxygen atoms in total. The fraction of sp³-hybridized carbons (Fsp3) is 0.707. The van der Waals surface area contributed by atoms with Crippen LogP contribution in [0.5, 0.6) is 0 Å². The summed E-state index contributed by atoms with van der Waals surface area (Å²) in [6, 6.07) is 0. The zero-order chi connectivity index (χ0) is 46.5. The summed E-state index contributed by atoms with van der Waals surface area (Å²) in [5.74, 6) is -1.01. The van der Waals surface area contributed by atoms with Crippen molar-refractivity contribution in [2.75, 3.05) is 13.2 Å². The molecule has 0 aromatic rings. The first-order valence-corrected chi connectivity index (χ1v) is 26.6. The van der Waals surface area contributed by atoms with E-state index in [9.17, 15) is 14.4 Å². The van der Waals surface area contributed by atoms with Gasteiger partial charge in [0.2, 0.25) is 0 Å². The maximum Gasteiger partial charge on any atom is 0.306 e. The van der Waals surface area contributed by atoms with Crippen LogP contribution in [-0.4, -0.2) is 37.2 Å². The van der Waals surface area contributed by atoms with Crippen LogP contribution >= 0.6 is 0 Å². The van der Waals surface area contributed by atoms with Gasteiger partial charge in [0.15, 0.2) is 6.10 Å². The van der Waals surface area contributed by atoms with Crippen LogP contribution < -0.4 is 0 Å². The van der Waals surface area contributed by atoms with E-state index in [1.54, 1.807) is 0 Å². The molecule has 1 atom stereocenters. The molecule has 0 rings (SSSR count). The van der Waals surface area contributed by atoms with Crippen molar-refractivity contribution < 1.29 is 28.6 Å². The molecule has 0 spiro atoms. The Morgan fingerprint density at radius 1 is 0.328 bits per heavy atom. The molecule has 0 radical (unpaired) electrons. The number of esters is 3. The Morgan fingerprint density at radius 3 is 1.06 bits per heavy atom. The van der Waals surface area contributed by atoms with Crippen LogP contribution in [0.4, 0.5) is 0 Å². The summed E-state index contributed by atoms with van der Waals surface area (Å²) < 4.78 is 16.7. The fourth-order valence-corrected chi connectivity index (χ4v) is 7.13. The summed E-state index contributed by atoms with van der Waals surface area (Å²) in [5, 5.41) is 0. The van der Waals surface area contributed by atoms with Gasteiger partial charge in [-0.25, -0.2) is 0 Å². The maximum atomic E-state index is 12.7. The molecular weight excluding hydrogens is 793 g/mol. The minimum absolute atomic E-state index is 0.110.